The molecule has 0 bridgehead atoms. The van der Waals surface area contributed by atoms with Gasteiger partial charge in [0.25, 0.3) is 0 Å². The van der Waals surface area contributed by atoms with Crippen molar-refractivity contribution < 1.29 is 22.8 Å². The molecule has 2 N–H and O–H groups in total. The fourth-order valence-corrected chi connectivity index (χ4v) is 2.40. The number of anilines is 2. The van der Waals surface area contributed by atoms with Crippen LogP contribution in [-0.2, 0) is 15.8 Å². The monoisotopic (exact) mass is 378 g/mol. The van der Waals surface area contributed by atoms with Gasteiger partial charge in [-0.15, -0.1) is 10.2 Å². The predicted molar refractivity (Wildman–Crippen MR) is 82.9 cm³/mol. The Hall–Kier alpha value is -2.20. The largest absolute Gasteiger partial charge is 0.445 e. The highest BCUT2D eigenvalue weighted by Gasteiger charge is 2.35. The predicted octanol–water partition coefficient (Wildman–Crippen LogP) is 3.57. The summed E-state index contributed by atoms with van der Waals surface area (Å²) in [6.45, 7) is 0. The third-order valence-electron chi connectivity index (χ3n) is 2.60. The summed E-state index contributed by atoms with van der Waals surface area (Å²) in [6.07, 6.45) is -4.98. The van der Waals surface area contributed by atoms with Crippen LogP contribution in [0.5, 0.6) is 0 Å². The molecular formula is C13H10ClF3N4O2S. The van der Waals surface area contributed by atoms with Gasteiger partial charge in [-0.25, -0.2) is 0 Å². The minimum atomic E-state index is -4.61. The summed E-state index contributed by atoms with van der Waals surface area (Å²) in [5.41, 5.74) is 0.479. The van der Waals surface area contributed by atoms with Crippen molar-refractivity contribution in [1.82, 2.24) is 10.2 Å². The summed E-state index contributed by atoms with van der Waals surface area (Å²) >= 11 is 5.99. The first-order valence-electron chi connectivity index (χ1n) is 6.50. The van der Waals surface area contributed by atoms with Gasteiger partial charge in [0.1, 0.15) is 0 Å². The van der Waals surface area contributed by atoms with Crippen LogP contribution in [0.3, 0.4) is 0 Å². The van der Waals surface area contributed by atoms with E-state index in [0.717, 1.165) is 0 Å². The highest BCUT2D eigenvalue weighted by Crippen LogP contribution is 2.33. The van der Waals surface area contributed by atoms with Gasteiger partial charge in [0.05, 0.1) is 0 Å². The van der Waals surface area contributed by atoms with Crippen LogP contribution in [0.15, 0.2) is 24.3 Å². The van der Waals surface area contributed by atoms with Crippen LogP contribution in [0.4, 0.5) is 24.0 Å². The van der Waals surface area contributed by atoms with Crippen LogP contribution in [-0.4, -0.2) is 22.0 Å². The maximum atomic E-state index is 12.4. The number of nitrogens with one attached hydrogen (secondary N) is 2. The number of aromatic nitrogens is 2. The molecular weight excluding hydrogens is 369 g/mol. The average Bonchev–Trinajstić information content (AvgIpc) is 2.94. The second kappa shape index (κ2) is 7.58. The number of carbonyl (C=O) groups is 2. The fraction of sp³-hybridized carbons (Fsp3) is 0.231. The quantitative estimate of drug-likeness (QED) is 0.833. The van der Waals surface area contributed by atoms with Crippen molar-refractivity contribution in [3.63, 3.8) is 0 Å². The molecule has 0 aliphatic heterocycles. The maximum Gasteiger partial charge on any atom is 0.445 e. The van der Waals surface area contributed by atoms with Crippen LogP contribution in [0.1, 0.15) is 17.8 Å². The molecule has 11 heteroatoms. The molecule has 0 saturated carbocycles. The van der Waals surface area contributed by atoms with E-state index >= 15 is 0 Å². The summed E-state index contributed by atoms with van der Waals surface area (Å²) < 4.78 is 37.1. The van der Waals surface area contributed by atoms with Crippen molar-refractivity contribution in [3.8, 4) is 0 Å². The summed E-state index contributed by atoms with van der Waals surface area (Å²) in [4.78, 5) is 23.3. The van der Waals surface area contributed by atoms with Gasteiger partial charge in [-0.1, -0.05) is 29.0 Å². The van der Waals surface area contributed by atoms with Crippen LogP contribution in [0.25, 0.3) is 0 Å². The molecule has 0 aliphatic carbocycles. The van der Waals surface area contributed by atoms with E-state index in [1.165, 1.54) is 0 Å². The number of carbonyl (C=O) groups excluding carboxylic acids is 2. The molecule has 1 heterocycles. The van der Waals surface area contributed by atoms with E-state index in [1.807, 2.05) is 0 Å². The molecule has 0 fully saturated rings. The average molecular weight is 379 g/mol. The highest BCUT2D eigenvalue weighted by atomic mass is 35.5. The number of benzene rings is 1. The van der Waals surface area contributed by atoms with Crippen molar-refractivity contribution in [3.05, 3.63) is 34.3 Å². The van der Waals surface area contributed by atoms with E-state index in [-0.39, 0.29) is 29.3 Å². The van der Waals surface area contributed by atoms with Gasteiger partial charge >= 0.3 is 6.18 Å². The van der Waals surface area contributed by atoms with Crippen molar-refractivity contribution in [2.24, 2.45) is 0 Å². The normalized spacial score (nSPS) is 11.2. The van der Waals surface area contributed by atoms with Gasteiger partial charge in [-0.3, -0.25) is 9.59 Å². The van der Waals surface area contributed by atoms with Crippen molar-refractivity contribution in [2.45, 2.75) is 19.0 Å². The van der Waals surface area contributed by atoms with Crippen LogP contribution in [0.2, 0.25) is 5.02 Å². The highest BCUT2D eigenvalue weighted by molar-refractivity contribution is 7.15. The molecule has 128 valence electrons. The second-order valence-electron chi connectivity index (χ2n) is 4.52. The number of halogens is 4. The van der Waals surface area contributed by atoms with Gasteiger partial charge in [0, 0.05) is 23.6 Å². The van der Waals surface area contributed by atoms with E-state index in [2.05, 4.69) is 20.8 Å². The van der Waals surface area contributed by atoms with Crippen LogP contribution < -0.4 is 10.6 Å². The number of hydrogen-bond donors (Lipinski definition) is 2. The lowest BCUT2D eigenvalue weighted by molar-refractivity contribution is -0.138. The Kier molecular flexibility index (Phi) is 5.73. The molecule has 0 atom stereocenters. The Bertz CT molecular complexity index is 751. The molecule has 24 heavy (non-hydrogen) atoms. The first-order chi connectivity index (χ1) is 11.2. The molecule has 0 radical (unpaired) electrons. The molecule has 0 unspecified atom stereocenters. The van der Waals surface area contributed by atoms with Gasteiger partial charge < -0.3 is 10.6 Å². The van der Waals surface area contributed by atoms with E-state index in [4.69, 9.17) is 11.6 Å². The Morgan fingerprint density at radius 3 is 2.38 bits per heavy atom. The molecule has 2 rings (SSSR count). The number of alkyl halides is 3. The Morgan fingerprint density at radius 1 is 1.12 bits per heavy atom. The molecule has 1 aromatic carbocycles. The first-order valence-corrected chi connectivity index (χ1v) is 7.69. The van der Waals surface area contributed by atoms with Gasteiger partial charge in [0.2, 0.25) is 22.0 Å². The van der Waals surface area contributed by atoms with E-state index in [0.29, 0.717) is 10.7 Å². The lowest BCUT2D eigenvalue weighted by atomic mass is 10.2. The number of hydrogen-bond acceptors (Lipinski definition) is 5. The first kappa shape index (κ1) is 18.1. The topological polar surface area (TPSA) is 84.0 Å². The Balaban J connectivity index is 1.80. The molecule has 6 nitrogen and oxygen atoms in total. The zero-order chi connectivity index (χ0) is 17.7. The van der Waals surface area contributed by atoms with Crippen LogP contribution >= 0.6 is 22.9 Å². The second-order valence-corrected chi connectivity index (χ2v) is 5.93. The summed E-state index contributed by atoms with van der Waals surface area (Å²) in [7, 11) is 0. The molecule has 0 saturated heterocycles. The zero-order valence-corrected chi connectivity index (χ0v) is 13.4. The molecule has 0 spiro atoms. The Labute approximate surface area is 143 Å². The lowest BCUT2D eigenvalue weighted by Gasteiger charge is -2.05. The molecule has 2 aromatic rings. The molecule has 2 amide bonds. The molecule has 1 aromatic heterocycles. The van der Waals surface area contributed by atoms with Gasteiger partial charge in [-0.2, -0.15) is 13.2 Å². The number of nitrogens with zero attached hydrogens (tertiary/aromatic N) is 2. The summed E-state index contributed by atoms with van der Waals surface area (Å²) in [6, 6.07) is 6.46. The number of amides is 2. The van der Waals surface area contributed by atoms with E-state index < -0.39 is 23.0 Å². The third kappa shape index (κ3) is 5.46. The minimum Gasteiger partial charge on any atom is -0.326 e. The third-order valence-corrected chi connectivity index (χ3v) is 3.72. The SMILES string of the molecule is O=C(CCC(=O)Nc1nnc(C(F)(F)F)s1)Nc1cccc(Cl)c1. The van der Waals surface area contributed by atoms with Gasteiger partial charge in [-0.05, 0) is 18.2 Å². The number of rotatable bonds is 5. The zero-order valence-electron chi connectivity index (χ0n) is 11.9. The smallest absolute Gasteiger partial charge is 0.326 e. The van der Waals surface area contributed by atoms with Crippen molar-refractivity contribution in [1.29, 1.82) is 0 Å². The summed E-state index contributed by atoms with van der Waals surface area (Å²) in [5.74, 6) is -1.07. The maximum absolute atomic E-state index is 12.4. The van der Waals surface area contributed by atoms with E-state index in [1.54, 1.807) is 24.3 Å². The fourth-order valence-electron chi connectivity index (χ4n) is 1.59. The Morgan fingerprint density at radius 2 is 1.79 bits per heavy atom. The standard InChI is InChI=1S/C13H10ClF3N4O2S/c14-7-2-1-3-8(6-7)18-9(22)4-5-10(23)19-12-21-20-11(24-12)13(15,16)17/h1-3,6H,4-5H2,(H,18,22)(H,19,21,23). The van der Waals surface area contributed by atoms with Crippen molar-refractivity contribution in [2.75, 3.05) is 10.6 Å². The van der Waals surface area contributed by atoms with Gasteiger partial charge in [0.15, 0.2) is 0 Å². The minimum absolute atomic E-state index is 0.150. The molecule has 0 aliphatic rings. The van der Waals surface area contributed by atoms with Crippen LogP contribution in [0, 0.1) is 0 Å². The summed E-state index contributed by atoms with van der Waals surface area (Å²) in [5, 5.41) is 9.90. The van der Waals surface area contributed by atoms with Crippen molar-refractivity contribution >= 4 is 45.6 Å². The lowest BCUT2D eigenvalue weighted by Crippen LogP contribution is -2.17. The van der Waals surface area contributed by atoms with E-state index in [9.17, 15) is 22.8 Å².